The molecule has 0 saturated heterocycles. The molecule has 0 aliphatic rings. The number of thiophene rings is 1. The van der Waals surface area contributed by atoms with Gasteiger partial charge in [0.2, 0.25) is 5.91 Å². The van der Waals surface area contributed by atoms with E-state index in [2.05, 4.69) is 10.3 Å². The van der Waals surface area contributed by atoms with Crippen molar-refractivity contribution >= 4 is 17.2 Å². The zero-order valence-electron chi connectivity index (χ0n) is 13.6. The van der Waals surface area contributed by atoms with Crippen molar-refractivity contribution < 1.29 is 18.0 Å². The zero-order chi connectivity index (χ0) is 18.6. The van der Waals surface area contributed by atoms with E-state index in [-0.39, 0.29) is 12.3 Å². The SMILES string of the molecule is O=C(Cc1ccc(C(F)(F)F)cc1)NCc1cncc(-c2cccs2)c1. The Hall–Kier alpha value is -2.67. The monoisotopic (exact) mass is 376 g/mol. The summed E-state index contributed by atoms with van der Waals surface area (Å²) in [6, 6.07) is 10.5. The van der Waals surface area contributed by atoms with Gasteiger partial charge in [0, 0.05) is 29.4 Å². The average molecular weight is 376 g/mol. The van der Waals surface area contributed by atoms with Crippen molar-refractivity contribution in [2.24, 2.45) is 0 Å². The van der Waals surface area contributed by atoms with Crippen LogP contribution < -0.4 is 5.32 Å². The van der Waals surface area contributed by atoms with Gasteiger partial charge in [-0.3, -0.25) is 9.78 Å². The second-order valence-electron chi connectivity index (χ2n) is 5.71. The van der Waals surface area contributed by atoms with Crippen LogP contribution in [0.25, 0.3) is 10.4 Å². The van der Waals surface area contributed by atoms with E-state index >= 15 is 0 Å². The molecule has 0 aliphatic heterocycles. The van der Waals surface area contributed by atoms with Crippen molar-refractivity contribution in [2.45, 2.75) is 19.1 Å². The third-order valence-corrected chi connectivity index (χ3v) is 4.66. The molecule has 0 aliphatic carbocycles. The summed E-state index contributed by atoms with van der Waals surface area (Å²) in [5.74, 6) is -0.258. The van der Waals surface area contributed by atoms with E-state index in [0.717, 1.165) is 28.1 Å². The summed E-state index contributed by atoms with van der Waals surface area (Å²) in [4.78, 5) is 17.3. The topological polar surface area (TPSA) is 42.0 Å². The maximum atomic E-state index is 12.5. The van der Waals surface area contributed by atoms with Crippen LogP contribution >= 0.6 is 11.3 Å². The van der Waals surface area contributed by atoms with E-state index in [1.807, 2.05) is 23.6 Å². The first-order valence-electron chi connectivity index (χ1n) is 7.82. The Morgan fingerprint density at radius 1 is 1.08 bits per heavy atom. The van der Waals surface area contributed by atoms with Gasteiger partial charge in [0.15, 0.2) is 0 Å². The van der Waals surface area contributed by atoms with Gasteiger partial charge in [0.05, 0.1) is 12.0 Å². The molecule has 3 aromatic rings. The van der Waals surface area contributed by atoms with Crippen molar-refractivity contribution in [2.75, 3.05) is 0 Å². The summed E-state index contributed by atoms with van der Waals surface area (Å²) in [6.07, 6.45) is -0.910. The van der Waals surface area contributed by atoms with Crippen LogP contribution in [0.5, 0.6) is 0 Å². The summed E-state index contributed by atoms with van der Waals surface area (Å²) >= 11 is 1.61. The maximum Gasteiger partial charge on any atom is 0.416 e. The fourth-order valence-electron chi connectivity index (χ4n) is 2.42. The number of benzene rings is 1. The minimum Gasteiger partial charge on any atom is -0.352 e. The number of amides is 1. The molecule has 1 N–H and O–H groups in total. The summed E-state index contributed by atoms with van der Waals surface area (Å²) in [5, 5.41) is 4.75. The first kappa shape index (κ1) is 18.1. The van der Waals surface area contributed by atoms with Crippen molar-refractivity contribution in [1.82, 2.24) is 10.3 Å². The first-order chi connectivity index (χ1) is 12.4. The Morgan fingerprint density at radius 2 is 1.85 bits per heavy atom. The predicted octanol–water partition coefficient (Wildman–Crippen LogP) is 4.69. The quantitative estimate of drug-likeness (QED) is 0.702. The van der Waals surface area contributed by atoms with Crippen LogP contribution in [-0.2, 0) is 23.9 Å². The lowest BCUT2D eigenvalue weighted by Crippen LogP contribution is -2.24. The predicted molar refractivity (Wildman–Crippen MR) is 94.5 cm³/mol. The number of carbonyl (C=O) groups excluding carboxylic acids is 1. The van der Waals surface area contributed by atoms with Crippen LogP contribution in [0.2, 0.25) is 0 Å². The number of carbonyl (C=O) groups is 1. The van der Waals surface area contributed by atoms with Gasteiger partial charge in [-0.05, 0) is 40.8 Å². The van der Waals surface area contributed by atoms with Gasteiger partial charge in [-0.15, -0.1) is 11.3 Å². The molecule has 1 amide bonds. The average Bonchev–Trinajstić information content (AvgIpc) is 3.15. The lowest BCUT2D eigenvalue weighted by Gasteiger charge is -2.09. The van der Waals surface area contributed by atoms with Crippen LogP contribution in [0.15, 0.2) is 60.2 Å². The minimum absolute atomic E-state index is 0.0240. The molecule has 0 bridgehead atoms. The number of halogens is 3. The Morgan fingerprint density at radius 3 is 2.50 bits per heavy atom. The molecule has 0 radical (unpaired) electrons. The van der Waals surface area contributed by atoms with Crippen LogP contribution in [0.4, 0.5) is 13.2 Å². The first-order valence-corrected chi connectivity index (χ1v) is 8.70. The molecule has 26 heavy (non-hydrogen) atoms. The molecule has 7 heteroatoms. The van der Waals surface area contributed by atoms with Gasteiger partial charge < -0.3 is 5.32 Å². The van der Waals surface area contributed by atoms with Gasteiger partial charge in [0.25, 0.3) is 0 Å². The summed E-state index contributed by atoms with van der Waals surface area (Å²) in [5.41, 5.74) is 1.64. The van der Waals surface area contributed by atoms with E-state index in [1.54, 1.807) is 23.7 Å². The number of pyridine rings is 1. The van der Waals surface area contributed by atoms with E-state index < -0.39 is 11.7 Å². The molecule has 0 fully saturated rings. The van der Waals surface area contributed by atoms with Gasteiger partial charge in [-0.25, -0.2) is 0 Å². The van der Waals surface area contributed by atoms with E-state index in [1.165, 1.54) is 12.1 Å². The highest BCUT2D eigenvalue weighted by Crippen LogP contribution is 2.29. The third kappa shape index (κ3) is 4.70. The van der Waals surface area contributed by atoms with Crippen LogP contribution in [0, 0.1) is 0 Å². The second-order valence-corrected chi connectivity index (χ2v) is 6.66. The fraction of sp³-hybridized carbons (Fsp3) is 0.158. The van der Waals surface area contributed by atoms with E-state index in [9.17, 15) is 18.0 Å². The van der Waals surface area contributed by atoms with E-state index in [0.29, 0.717) is 12.1 Å². The van der Waals surface area contributed by atoms with Crippen molar-refractivity contribution in [3.8, 4) is 10.4 Å². The fourth-order valence-corrected chi connectivity index (χ4v) is 3.13. The zero-order valence-corrected chi connectivity index (χ0v) is 14.4. The van der Waals surface area contributed by atoms with Gasteiger partial charge in [0.1, 0.15) is 0 Å². The number of hydrogen-bond donors (Lipinski definition) is 1. The number of rotatable bonds is 5. The molecule has 134 valence electrons. The lowest BCUT2D eigenvalue weighted by atomic mass is 10.1. The van der Waals surface area contributed by atoms with Crippen molar-refractivity contribution in [3.05, 3.63) is 76.9 Å². The molecular formula is C19H15F3N2OS. The number of alkyl halides is 3. The Balaban J connectivity index is 1.57. The highest BCUT2D eigenvalue weighted by molar-refractivity contribution is 7.13. The molecule has 0 unspecified atom stereocenters. The number of nitrogens with one attached hydrogen (secondary N) is 1. The Kier molecular flexibility index (Phi) is 5.37. The van der Waals surface area contributed by atoms with Gasteiger partial charge in [-0.1, -0.05) is 18.2 Å². The molecule has 0 saturated carbocycles. The lowest BCUT2D eigenvalue weighted by molar-refractivity contribution is -0.137. The van der Waals surface area contributed by atoms with Crippen LogP contribution in [0.3, 0.4) is 0 Å². The summed E-state index contributed by atoms with van der Waals surface area (Å²) in [7, 11) is 0. The van der Waals surface area contributed by atoms with Crippen molar-refractivity contribution in [1.29, 1.82) is 0 Å². The number of hydrogen-bond acceptors (Lipinski definition) is 3. The second kappa shape index (κ2) is 7.70. The molecule has 0 atom stereocenters. The van der Waals surface area contributed by atoms with Gasteiger partial charge in [-0.2, -0.15) is 13.2 Å². The highest BCUT2D eigenvalue weighted by Gasteiger charge is 2.29. The molecule has 3 rings (SSSR count). The smallest absolute Gasteiger partial charge is 0.352 e. The minimum atomic E-state index is -4.37. The molecule has 2 aromatic heterocycles. The Bertz CT molecular complexity index is 875. The summed E-state index contributed by atoms with van der Waals surface area (Å²) in [6.45, 7) is 0.311. The highest BCUT2D eigenvalue weighted by atomic mass is 32.1. The molecular weight excluding hydrogens is 361 g/mol. The van der Waals surface area contributed by atoms with Gasteiger partial charge >= 0.3 is 6.18 Å². The Labute approximate surface area is 152 Å². The van der Waals surface area contributed by atoms with Crippen molar-refractivity contribution in [3.63, 3.8) is 0 Å². The molecule has 1 aromatic carbocycles. The number of nitrogens with zero attached hydrogens (tertiary/aromatic N) is 1. The number of aromatic nitrogens is 1. The normalized spacial score (nSPS) is 11.3. The standard InChI is InChI=1S/C19H15F3N2OS/c20-19(21,22)16-5-3-13(4-6-16)9-18(25)24-11-14-8-15(12-23-10-14)17-2-1-7-26-17/h1-8,10,12H,9,11H2,(H,24,25). The molecule has 3 nitrogen and oxygen atoms in total. The maximum absolute atomic E-state index is 12.5. The van der Waals surface area contributed by atoms with Crippen LogP contribution in [0.1, 0.15) is 16.7 Å². The van der Waals surface area contributed by atoms with E-state index in [4.69, 9.17) is 0 Å². The third-order valence-electron chi connectivity index (χ3n) is 3.74. The largest absolute Gasteiger partial charge is 0.416 e. The molecule has 2 heterocycles. The van der Waals surface area contributed by atoms with Crippen LogP contribution in [-0.4, -0.2) is 10.9 Å². The molecule has 0 spiro atoms. The summed E-state index contributed by atoms with van der Waals surface area (Å²) < 4.78 is 37.6.